The molecule has 2 amide bonds. The quantitative estimate of drug-likeness (QED) is 0.477. The van der Waals surface area contributed by atoms with E-state index in [1.165, 1.54) is 18.9 Å². The van der Waals surface area contributed by atoms with Crippen LogP contribution < -0.4 is 20.1 Å². The molecule has 0 aliphatic carbocycles. The number of amides is 2. The average Bonchev–Trinajstić information content (AvgIpc) is 3.21. The molecule has 0 unspecified atom stereocenters. The molecule has 1 heterocycles. The third-order valence-corrected chi connectivity index (χ3v) is 5.72. The lowest BCUT2D eigenvalue weighted by molar-refractivity contribution is -0.123. The van der Waals surface area contributed by atoms with Crippen molar-refractivity contribution in [3.05, 3.63) is 94.9 Å². The number of nitrogens with zero attached hydrogens (tertiary/aromatic N) is 1. The van der Waals surface area contributed by atoms with Crippen LogP contribution in [-0.2, 0) is 16.1 Å². The standard InChI is InChI=1S/C26H23N3O4S/c1-32-22-14-19(15-23-25(31)29-26(34-23)28-20-10-6-3-7-11-20)12-13-21(22)33-17-24(30)27-16-18-8-4-2-5-9-18/h2-15H,16-17H2,1H3,(H,27,30)(H,28,29,31)/b23-15+. The largest absolute Gasteiger partial charge is 0.493 e. The van der Waals surface area contributed by atoms with Crippen molar-refractivity contribution in [1.29, 1.82) is 0 Å². The Morgan fingerprint density at radius 2 is 1.76 bits per heavy atom. The Hall–Kier alpha value is -4.04. The molecule has 3 aromatic rings. The number of hydrogen-bond donors (Lipinski definition) is 2. The van der Waals surface area contributed by atoms with Gasteiger partial charge in [-0.3, -0.25) is 9.59 Å². The molecule has 4 rings (SSSR count). The summed E-state index contributed by atoms with van der Waals surface area (Å²) >= 11 is 1.27. The van der Waals surface area contributed by atoms with E-state index in [-0.39, 0.29) is 18.4 Å². The van der Waals surface area contributed by atoms with Crippen LogP contribution in [0.2, 0.25) is 0 Å². The Balaban J connectivity index is 1.38. The summed E-state index contributed by atoms with van der Waals surface area (Å²) in [6, 6.07) is 24.3. The minimum absolute atomic E-state index is 0.138. The SMILES string of the molecule is COc1cc(/C=C2/SC(=Nc3ccccc3)NC2=O)ccc1OCC(=O)NCc1ccccc1. The fraction of sp³-hybridized carbons (Fsp3) is 0.115. The van der Waals surface area contributed by atoms with Crippen molar-refractivity contribution in [1.82, 2.24) is 10.6 Å². The number of amidine groups is 1. The number of thioether (sulfide) groups is 1. The molecule has 8 heteroatoms. The summed E-state index contributed by atoms with van der Waals surface area (Å²) in [6.07, 6.45) is 1.76. The number of ether oxygens (including phenoxy) is 2. The molecule has 172 valence electrons. The highest BCUT2D eigenvalue weighted by Gasteiger charge is 2.24. The Labute approximate surface area is 201 Å². The molecular formula is C26H23N3O4S. The second-order valence-electron chi connectivity index (χ2n) is 7.28. The van der Waals surface area contributed by atoms with Gasteiger partial charge in [0.15, 0.2) is 23.3 Å². The molecule has 1 aliphatic heterocycles. The van der Waals surface area contributed by atoms with E-state index in [2.05, 4.69) is 15.6 Å². The zero-order valence-corrected chi connectivity index (χ0v) is 19.3. The van der Waals surface area contributed by atoms with Crippen molar-refractivity contribution in [3.8, 4) is 11.5 Å². The number of benzene rings is 3. The van der Waals surface area contributed by atoms with Crippen molar-refractivity contribution >= 4 is 40.5 Å². The number of carbonyl (C=O) groups is 2. The van der Waals surface area contributed by atoms with Crippen LogP contribution in [0.3, 0.4) is 0 Å². The zero-order chi connectivity index (χ0) is 23.8. The first kappa shape index (κ1) is 23.1. The van der Waals surface area contributed by atoms with Gasteiger partial charge in [0.1, 0.15) is 0 Å². The van der Waals surface area contributed by atoms with Crippen molar-refractivity contribution < 1.29 is 19.1 Å². The maximum absolute atomic E-state index is 12.4. The van der Waals surface area contributed by atoms with Gasteiger partial charge in [-0.05, 0) is 53.2 Å². The lowest BCUT2D eigenvalue weighted by Crippen LogP contribution is -2.28. The number of hydrogen-bond acceptors (Lipinski definition) is 6. The summed E-state index contributed by atoms with van der Waals surface area (Å²) in [5.74, 6) is 0.455. The van der Waals surface area contributed by atoms with E-state index in [1.54, 1.807) is 24.3 Å². The topological polar surface area (TPSA) is 89.0 Å². The summed E-state index contributed by atoms with van der Waals surface area (Å²) in [5.41, 5.74) is 2.54. The van der Waals surface area contributed by atoms with Gasteiger partial charge in [-0.15, -0.1) is 0 Å². The zero-order valence-electron chi connectivity index (χ0n) is 18.5. The average molecular weight is 474 g/mol. The first-order valence-corrected chi connectivity index (χ1v) is 11.4. The Kier molecular flexibility index (Phi) is 7.62. The molecule has 2 N–H and O–H groups in total. The minimum atomic E-state index is -0.235. The molecule has 1 fully saturated rings. The van der Waals surface area contributed by atoms with Gasteiger partial charge in [-0.1, -0.05) is 54.6 Å². The normalized spacial score (nSPS) is 15.3. The van der Waals surface area contributed by atoms with Crippen molar-refractivity contribution in [2.24, 2.45) is 4.99 Å². The van der Waals surface area contributed by atoms with Gasteiger partial charge in [0.25, 0.3) is 11.8 Å². The third kappa shape index (κ3) is 6.26. The number of aliphatic imine (C=N–C) groups is 1. The molecule has 3 aromatic carbocycles. The van der Waals surface area contributed by atoms with E-state index in [4.69, 9.17) is 9.47 Å². The number of para-hydroxylation sites is 1. The molecule has 7 nitrogen and oxygen atoms in total. The molecule has 0 atom stereocenters. The molecule has 34 heavy (non-hydrogen) atoms. The molecule has 0 spiro atoms. The number of methoxy groups -OCH3 is 1. The summed E-state index contributed by atoms with van der Waals surface area (Å²) in [7, 11) is 1.52. The summed E-state index contributed by atoms with van der Waals surface area (Å²) in [6.45, 7) is 0.295. The van der Waals surface area contributed by atoms with Crippen LogP contribution in [0, 0.1) is 0 Å². The van der Waals surface area contributed by atoms with Crippen LogP contribution in [0.1, 0.15) is 11.1 Å². The van der Waals surface area contributed by atoms with E-state index >= 15 is 0 Å². The third-order valence-electron chi connectivity index (χ3n) is 4.81. The number of carbonyl (C=O) groups excluding carboxylic acids is 2. The van der Waals surface area contributed by atoms with Crippen LogP contribution in [0.15, 0.2) is 88.8 Å². The second-order valence-corrected chi connectivity index (χ2v) is 8.31. The highest BCUT2D eigenvalue weighted by molar-refractivity contribution is 8.18. The summed E-state index contributed by atoms with van der Waals surface area (Å²) in [5, 5.41) is 6.12. The molecule has 0 aromatic heterocycles. The molecule has 0 bridgehead atoms. The fourth-order valence-electron chi connectivity index (χ4n) is 3.14. The number of nitrogens with one attached hydrogen (secondary N) is 2. The van der Waals surface area contributed by atoms with Gasteiger partial charge in [-0.2, -0.15) is 0 Å². The smallest absolute Gasteiger partial charge is 0.264 e. The molecule has 1 saturated heterocycles. The molecule has 0 radical (unpaired) electrons. The molecule has 0 saturated carbocycles. The fourth-order valence-corrected chi connectivity index (χ4v) is 3.98. The van der Waals surface area contributed by atoms with Crippen LogP contribution in [0.5, 0.6) is 11.5 Å². The van der Waals surface area contributed by atoms with E-state index in [0.717, 1.165) is 16.8 Å². The van der Waals surface area contributed by atoms with Gasteiger partial charge >= 0.3 is 0 Å². The first-order chi connectivity index (χ1) is 16.6. The van der Waals surface area contributed by atoms with Crippen LogP contribution in [0.25, 0.3) is 6.08 Å². The Bertz CT molecular complexity index is 1230. The van der Waals surface area contributed by atoms with Gasteiger partial charge in [-0.25, -0.2) is 4.99 Å². The predicted molar refractivity (Wildman–Crippen MR) is 134 cm³/mol. The van der Waals surface area contributed by atoms with Gasteiger partial charge in [0.05, 0.1) is 17.7 Å². The Morgan fingerprint density at radius 1 is 1.03 bits per heavy atom. The van der Waals surface area contributed by atoms with E-state index in [9.17, 15) is 9.59 Å². The van der Waals surface area contributed by atoms with Crippen LogP contribution >= 0.6 is 11.8 Å². The number of rotatable bonds is 8. The maximum atomic E-state index is 12.4. The van der Waals surface area contributed by atoms with E-state index in [0.29, 0.717) is 28.1 Å². The minimum Gasteiger partial charge on any atom is -0.493 e. The summed E-state index contributed by atoms with van der Waals surface area (Å²) < 4.78 is 11.1. The second kappa shape index (κ2) is 11.2. The van der Waals surface area contributed by atoms with Crippen LogP contribution in [0.4, 0.5) is 5.69 Å². The monoisotopic (exact) mass is 473 g/mol. The first-order valence-electron chi connectivity index (χ1n) is 10.6. The maximum Gasteiger partial charge on any atom is 0.264 e. The lowest BCUT2D eigenvalue weighted by Gasteiger charge is -2.11. The van der Waals surface area contributed by atoms with Gasteiger partial charge in [0, 0.05) is 6.54 Å². The van der Waals surface area contributed by atoms with Crippen molar-refractivity contribution in [3.63, 3.8) is 0 Å². The molecule has 1 aliphatic rings. The van der Waals surface area contributed by atoms with Crippen molar-refractivity contribution in [2.75, 3.05) is 13.7 Å². The van der Waals surface area contributed by atoms with Crippen LogP contribution in [-0.4, -0.2) is 30.7 Å². The lowest BCUT2D eigenvalue weighted by atomic mass is 10.2. The van der Waals surface area contributed by atoms with Gasteiger partial charge < -0.3 is 20.1 Å². The predicted octanol–water partition coefficient (Wildman–Crippen LogP) is 4.28. The van der Waals surface area contributed by atoms with Crippen molar-refractivity contribution in [2.45, 2.75) is 6.54 Å². The van der Waals surface area contributed by atoms with E-state index in [1.807, 2.05) is 60.7 Å². The van der Waals surface area contributed by atoms with Gasteiger partial charge in [0.2, 0.25) is 0 Å². The van der Waals surface area contributed by atoms with E-state index < -0.39 is 0 Å². The molecular weight excluding hydrogens is 450 g/mol. The Morgan fingerprint density at radius 3 is 2.50 bits per heavy atom. The highest BCUT2D eigenvalue weighted by Crippen LogP contribution is 2.32. The highest BCUT2D eigenvalue weighted by atomic mass is 32.2. The summed E-state index contributed by atoms with van der Waals surface area (Å²) in [4.78, 5) is 29.5.